The van der Waals surface area contributed by atoms with E-state index < -0.39 is 0 Å². The highest BCUT2D eigenvalue weighted by molar-refractivity contribution is 7.14. The predicted octanol–water partition coefficient (Wildman–Crippen LogP) is 4.49. The number of nitrogens with one attached hydrogen (secondary N) is 2. The number of aromatic nitrogens is 2. The van der Waals surface area contributed by atoms with Crippen molar-refractivity contribution in [3.05, 3.63) is 52.6 Å². The molecule has 1 aromatic carbocycles. The first-order chi connectivity index (χ1) is 11.7. The maximum absolute atomic E-state index is 11.4. The Balaban J connectivity index is 1.56. The van der Waals surface area contributed by atoms with Gasteiger partial charge in [0.1, 0.15) is 5.15 Å². The van der Waals surface area contributed by atoms with Gasteiger partial charge in [0.15, 0.2) is 5.13 Å². The zero-order valence-electron chi connectivity index (χ0n) is 12.5. The lowest BCUT2D eigenvalue weighted by Crippen LogP contribution is -2.18. The van der Waals surface area contributed by atoms with Crippen LogP contribution in [0.25, 0.3) is 11.3 Å². The number of halogens is 1. The summed E-state index contributed by atoms with van der Waals surface area (Å²) in [6, 6.07) is 9.61. The van der Waals surface area contributed by atoms with E-state index in [9.17, 15) is 4.79 Å². The van der Waals surface area contributed by atoms with Gasteiger partial charge in [-0.2, -0.15) is 0 Å². The molecule has 1 aliphatic rings. The van der Waals surface area contributed by atoms with Crippen molar-refractivity contribution in [3.63, 3.8) is 0 Å². The molecule has 7 heteroatoms. The number of rotatable bonds is 3. The topological polar surface area (TPSA) is 66.9 Å². The third-order valence-corrected chi connectivity index (χ3v) is 4.76. The smallest absolute Gasteiger partial charge is 0.224 e. The van der Waals surface area contributed by atoms with Crippen LogP contribution in [0.2, 0.25) is 5.15 Å². The SMILES string of the molecule is O=C1CCc2cc(-c3csc(Nc4ccc(Cl)nc4)n3)ccc2N1. The fraction of sp³-hybridized carbons (Fsp3) is 0.118. The Bertz CT molecular complexity index is 907. The number of hydrogen-bond acceptors (Lipinski definition) is 5. The van der Waals surface area contributed by atoms with Crippen molar-refractivity contribution < 1.29 is 4.79 Å². The summed E-state index contributed by atoms with van der Waals surface area (Å²) in [5.41, 5.74) is 4.84. The van der Waals surface area contributed by atoms with Crippen LogP contribution in [-0.4, -0.2) is 15.9 Å². The molecule has 4 rings (SSSR count). The third-order valence-electron chi connectivity index (χ3n) is 3.78. The van der Waals surface area contributed by atoms with Gasteiger partial charge >= 0.3 is 0 Å². The van der Waals surface area contributed by atoms with Gasteiger partial charge in [0.25, 0.3) is 0 Å². The van der Waals surface area contributed by atoms with Crippen molar-refractivity contribution in [3.8, 4) is 11.3 Å². The Morgan fingerprint density at radius 2 is 2.12 bits per heavy atom. The van der Waals surface area contributed by atoms with Crippen LogP contribution in [0, 0.1) is 0 Å². The first-order valence-corrected chi connectivity index (χ1v) is 8.70. The van der Waals surface area contributed by atoms with Crippen LogP contribution in [0.4, 0.5) is 16.5 Å². The molecule has 120 valence electrons. The molecule has 0 bridgehead atoms. The molecular formula is C17H13ClN4OS. The van der Waals surface area contributed by atoms with Gasteiger partial charge < -0.3 is 10.6 Å². The standard InChI is InChI=1S/C17H13ClN4OS/c18-15-5-3-12(8-19-15)20-17-22-14(9-24-17)11-1-4-13-10(7-11)2-6-16(23)21-13/h1,3-5,7-9H,2,6H2,(H,20,22)(H,21,23). The molecular weight excluding hydrogens is 344 g/mol. The highest BCUT2D eigenvalue weighted by Gasteiger charge is 2.16. The van der Waals surface area contributed by atoms with Gasteiger partial charge in [-0.3, -0.25) is 4.79 Å². The van der Waals surface area contributed by atoms with Crippen molar-refractivity contribution in [1.29, 1.82) is 0 Å². The van der Waals surface area contributed by atoms with Crippen molar-refractivity contribution in [2.75, 3.05) is 10.6 Å². The summed E-state index contributed by atoms with van der Waals surface area (Å²) in [7, 11) is 0. The predicted molar refractivity (Wildman–Crippen MR) is 97.0 cm³/mol. The minimum absolute atomic E-state index is 0.0759. The second-order valence-electron chi connectivity index (χ2n) is 5.45. The molecule has 2 N–H and O–H groups in total. The Morgan fingerprint density at radius 1 is 1.21 bits per heavy atom. The van der Waals surface area contributed by atoms with E-state index in [-0.39, 0.29) is 5.91 Å². The Kier molecular flexibility index (Phi) is 3.92. The number of carbonyl (C=O) groups excluding carboxylic acids is 1. The van der Waals surface area contributed by atoms with Crippen LogP contribution in [0.3, 0.4) is 0 Å². The molecule has 3 aromatic rings. The monoisotopic (exact) mass is 356 g/mol. The van der Waals surface area contributed by atoms with Crippen LogP contribution in [0.15, 0.2) is 41.9 Å². The fourth-order valence-electron chi connectivity index (χ4n) is 2.58. The van der Waals surface area contributed by atoms with E-state index in [0.29, 0.717) is 11.6 Å². The van der Waals surface area contributed by atoms with Crippen molar-refractivity contribution >= 4 is 45.4 Å². The molecule has 24 heavy (non-hydrogen) atoms. The van der Waals surface area contributed by atoms with Crippen molar-refractivity contribution in [1.82, 2.24) is 9.97 Å². The Morgan fingerprint density at radius 3 is 2.96 bits per heavy atom. The fourth-order valence-corrected chi connectivity index (χ4v) is 3.43. The number of aryl methyl sites for hydroxylation is 1. The summed E-state index contributed by atoms with van der Waals surface area (Å²) in [6.45, 7) is 0. The number of fused-ring (bicyclic) bond motifs is 1. The molecule has 0 atom stereocenters. The summed E-state index contributed by atoms with van der Waals surface area (Å²) in [6.07, 6.45) is 2.97. The third kappa shape index (κ3) is 3.11. The average Bonchev–Trinajstić information content (AvgIpc) is 3.05. The van der Waals surface area contributed by atoms with Crippen LogP contribution in [-0.2, 0) is 11.2 Å². The lowest BCUT2D eigenvalue weighted by Gasteiger charge is -2.17. The van der Waals surface area contributed by atoms with Gasteiger partial charge in [-0.25, -0.2) is 9.97 Å². The molecule has 5 nitrogen and oxygen atoms in total. The zero-order valence-corrected chi connectivity index (χ0v) is 14.1. The van der Waals surface area contributed by atoms with Gasteiger partial charge in [-0.05, 0) is 36.2 Å². The molecule has 3 heterocycles. The first-order valence-electron chi connectivity index (χ1n) is 7.45. The quantitative estimate of drug-likeness (QED) is 0.679. The van der Waals surface area contributed by atoms with E-state index in [0.717, 1.165) is 39.7 Å². The molecule has 0 spiro atoms. The highest BCUT2D eigenvalue weighted by Crippen LogP contribution is 2.31. The van der Waals surface area contributed by atoms with Crippen LogP contribution >= 0.6 is 22.9 Å². The van der Waals surface area contributed by atoms with Crippen molar-refractivity contribution in [2.24, 2.45) is 0 Å². The summed E-state index contributed by atoms with van der Waals surface area (Å²) >= 11 is 7.32. The van der Waals surface area contributed by atoms with E-state index >= 15 is 0 Å². The molecule has 0 unspecified atom stereocenters. The van der Waals surface area contributed by atoms with E-state index in [1.807, 2.05) is 23.6 Å². The molecule has 2 aromatic heterocycles. The largest absolute Gasteiger partial charge is 0.330 e. The molecule has 0 radical (unpaired) electrons. The minimum atomic E-state index is 0.0759. The number of amides is 1. The Labute approximate surface area is 147 Å². The van der Waals surface area contributed by atoms with Gasteiger partial charge in [-0.1, -0.05) is 17.7 Å². The number of anilines is 3. The van der Waals surface area contributed by atoms with Gasteiger partial charge in [-0.15, -0.1) is 11.3 Å². The zero-order chi connectivity index (χ0) is 16.5. The number of benzene rings is 1. The molecule has 0 fully saturated rings. The molecule has 1 aliphatic heterocycles. The minimum Gasteiger partial charge on any atom is -0.330 e. The van der Waals surface area contributed by atoms with E-state index in [1.54, 1.807) is 12.3 Å². The molecule has 0 aliphatic carbocycles. The molecule has 0 saturated heterocycles. The van der Waals surface area contributed by atoms with Crippen molar-refractivity contribution in [2.45, 2.75) is 12.8 Å². The normalized spacial score (nSPS) is 13.3. The van der Waals surface area contributed by atoms with Gasteiger partial charge in [0.05, 0.1) is 17.6 Å². The second-order valence-corrected chi connectivity index (χ2v) is 6.70. The second kappa shape index (κ2) is 6.22. The van der Waals surface area contributed by atoms with Gasteiger partial charge in [0.2, 0.25) is 5.91 Å². The molecule has 0 saturated carbocycles. The van der Waals surface area contributed by atoms with Crippen LogP contribution < -0.4 is 10.6 Å². The van der Waals surface area contributed by atoms with Crippen LogP contribution in [0.5, 0.6) is 0 Å². The van der Waals surface area contributed by atoms with E-state index in [1.165, 1.54) is 11.3 Å². The number of thiazole rings is 1. The highest BCUT2D eigenvalue weighted by atomic mass is 35.5. The maximum atomic E-state index is 11.4. The first kappa shape index (κ1) is 15.1. The summed E-state index contributed by atoms with van der Waals surface area (Å²) in [5.74, 6) is 0.0759. The summed E-state index contributed by atoms with van der Waals surface area (Å²) in [4.78, 5) is 20.1. The number of hydrogen-bond donors (Lipinski definition) is 2. The lowest BCUT2D eigenvalue weighted by molar-refractivity contribution is -0.116. The number of nitrogens with zero attached hydrogens (tertiary/aromatic N) is 2. The summed E-state index contributed by atoms with van der Waals surface area (Å²) in [5, 5.41) is 9.37. The van der Waals surface area contributed by atoms with Gasteiger partial charge in [0, 0.05) is 23.1 Å². The lowest BCUT2D eigenvalue weighted by atomic mass is 9.99. The maximum Gasteiger partial charge on any atom is 0.224 e. The number of carbonyl (C=O) groups is 1. The number of pyridine rings is 1. The Hall–Kier alpha value is -2.44. The van der Waals surface area contributed by atoms with Crippen LogP contribution in [0.1, 0.15) is 12.0 Å². The average molecular weight is 357 g/mol. The molecule has 1 amide bonds. The van der Waals surface area contributed by atoms with E-state index in [2.05, 4.69) is 26.7 Å². The summed E-state index contributed by atoms with van der Waals surface area (Å²) < 4.78 is 0. The van der Waals surface area contributed by atoms with E-state index in [4.69, 9.17) is 11.6 Å².